The van der Waals surface area contributed by atoms with Crippen LogP contribution in [0.4, 0.5) is 11.4 Å². The van der Waals surface area contributed by atoms with Crippen LogP contribution in [0.25, 0.3) is 0 Å². The summed E-state index contributed by atoms with van der Waals surface area (Å²) in [7, 11) is 4.59. The SMILES string of the molecule is COc1cc(ONC(=S)Nc2cccc(NC(=O)C3CCCCC3)c2)cc(OC)c1OC. The summed E-state index contributed by atoms with van der Waals surface area (Å²) in [5.74, 6) is 1.99. The Kier molecular flexibility index (Phi) is 8.38. The van der Waals surface area contributed by atoms with Gasteiger partial charge in [-0.15, -0.1) is 0 Å². The number of anilines is 2. The quantitative estimate of drug-likeness (QED) is 0.392. The molecule has 3 N–H and O–H groups in total. The van der Waals surface area contributed by atoms with Gasteiger partial charge >= 0.3 is 0 Å². The van der Waals surface area contributed by atoms with Gasteiger partial charge in [0.25, 0.3) is 0 Å². The Morgan fingerprint density at radius 2 is 1.53 bits per heavy atom. The van der Waals surface area contributed by atoms with Gasteiger partial charge in [-0.2, -0.15) is 5.48 Å². The van der Waals surface area contributed by atoms with Crippen molar-refractivity contribution in [3.63, 3.8) is 0 Å². The van der Waals surface area contributed by atoms with Gasteiger partial charge in [0.15, 0.2) is 17.2 Å². The van der Waals surface area contributed by atoms with E-state index in [1.807, 2.05) is 24.3 Å². The molecule has 1 amide bonds. The lowest BCUT2D eigenvalue weighted by molar-refractivity contribution is -0.120. The Morgan fingerprint density at radius 3 is 2.12 bits per heavy atom. The molecule has 1 saturated carbocycles. The zero-order chi connectivity index (χ0) is 22.9. The van der Waals surface area contributed by atoms with E-state index in [-0.39, 0.29) is 16.9 Å². The van der Waals surface area contributed by atoms with Gasteiger partial charge in [0, 0.05) is 29.4 Å². The van der Waals surface area contributed by atoms with Gasteiger partial charge in [0.05, 0.1) is 21.3 Å². The maximum atomic E-state index is 12.5. The van der Waals surface area contributed by atoms with Crippen LogP contribution in [0.1, 0.15) is 32.1 Å². The second-order valence-electron chi connectivity index (χ2n) is 7.42. The lowest BCUT2D eigenvalue weighted by Crippen LogP contribution is -2.31. The number of ether oxygens (including phenoxy) is 3. The van der Waals surface area contributed by atoms with E-state index in [0.717, 1.165) is 37.1 Å². The molecular weight excluding hydrogens is 430 g/mol. The number of rotatable bonds is 8. The smallest absolute Gasteiger partial charge is 0.227 e. The third-order valence-corrected chi connectivity index (χ3v) is 5.45. The van der Waals surface area contributed by atoms with Gasteiger partial charge in [-0.3, -0.25) is 4.79 Å². The van der Waals surface area contributed by atoms with Crippen LogP contribution in [0.15, 0.2) is 36.4 Å². The summed E-state index contributed by atoms with van der Waals surface area (Å²) < 4.78 is 15.9. The number of hydrogen-bond donors (Lipinski definition) is 3. The second-order valence-corrected chi connectivity index (χ2v) is 7.83. The third kappa shape index (κ3) is 6.16. The van der Waals surface area contributed by atoms with Gasteiger partial charge in [0.1, 0.15) is 0 Å². The highest BCUT2D eigenvalue weighted by atomic mass is 32.1. The Balaban J connectivity index is 1.57. The average Bonchev–Trinajstić information content (AvgIpc) is 2.82. The molecule has 2 aromatic carbocycles. The molecule has 1 aliphatic rings. The molecule has 1 aliphatic carbocycles. The third-order valence-electron chi connectivity index (χ3n) is 5.26. The van der Waals surface area contributed by atoms with Crippen molar-refractivity contribution in [1.82, 2.24) is 5.48 Å². The van der Waals surface area contributed by atoms with Crippen LogP contribution in [0.5, 0.6) is 23.0 Å². The number of methoxy groups -OCH3 is 3. The first kappa shape index (κ1) is 23.5. The Morgan fingerprint density at radius 1 is 0.906 bits per heavy atom. The summed E-state index contributed by atoms with van der Waals surface area (Å²) >= 11 is 5.32. The molecule has 1 fully saturated rings. The average molecular weight is 460 g/mol. The van der Waals surface area contributed by atoms with Crippen molar-refractivity contribution in [1.29, 1.82) is 0 Å². The molecule has 0 spiro atoms. The molecule has 0 saturated heterocycles. The minimum atomic E-state index is 0.0771. The van der Waals surface area contributed by atoms with Gasteiger partial charge < -0.3 is 29.7 Å². The molecular formula is C23H29N3O5S. The van der Waals surface area contributed by atoms with Crippen LogP contribution in [-0.4, -0.2) is 32.3 Å². The minimum Gasteiger partial charge on any atom is -0.493 e. The monoisotopic (exact) mass is 459 g/mol. The molecule has 0 bridgehead atoms. The molecule has 0 aliphatic heterocycles. The molecule has 3 rings (SSSR count). The molecule has 32 heavy (non-hydrogen) atoms. The van der Waals surface area contributed by atoms with E-state index in [4.69, 9.17) is 31.3 Å². The fourth-order valence-electron chi connectivity index (χ4n) is 3.66. The Labute approximate surface area is 193 Å². The summed E-state index contributed by atoms with van der Waals surface area (Å²) in [5, 5.41) is 6.29. The number of carbonyl (C=O) groups excluding carboxylic acids is 1. The first-order chi connectivity index (χ1) is 15.5. The zero-order valence-corrected chi connectivity index (χ0v) is 19.3. The minimum absolute atomic E-state index is 0.0771. The van der Waals surface area contributed by atoms with E-state index in [9.17, 15) is 4.79 Å². The van der Waals surface area contributed by atoms with Crippen molar-refractivity contribution in [2.45, 2.75) is 32.1 Å². The van der Waals surface area contributed by atoms with Gasteiger partial charge in [-0.25, -0.2) is 0 Å². The van der Waals surface area contributed by atoms with Crippen LogP contribution in [0, 0.1) is 5.92 Å². The highest BCUT2D eigenvalue weighted by molar-refractivity contribution is 7.80. The number of carbonyl (C=O) groups is 1. The number of amides is 1. The normalized spacial score (nSPS) is 13.6. The predicted octanol–water partition coefficient (Wildman–Crippen LogP) is 4.51. The first-order valence-electron chi connectivity index (χ1n) is 10.5. The molecule has 2 aromatic rings. The Hall–Kier alpha value is -3.20. The highest BCUT2D eigenvalue weighted by Gasteiger charge is 2.21. The van der Waals surface area contributed by atoms with Crippen LogP contribution in [0.2, 0.25) is 0 Å². The lowest BCUT2D eigenvalue weighted by atomic mass is 9.88. The van der Waals surface area contributed by atoms with E-state index in [1.54, 1.807) is 12.1 Å². The molecule has 0 radical (unpaired) electrons. The van der Waals surface area contributed by atoms with E-state index < -0.39 is 0 Å². The second kappa shape index (κ2) is 11.4. The Bertz CT molecular complexity index is 922. The van der Waals surface area contributed by atoms with Crippen molar-refractivity contribution < 1.29 is 23.8 Å². The number of benzene rings is 2. The van der Waals surface area contributed by atoms with Crippen molar-refractivity contribution >= 4 is 34.6 Å². The summed E-state index contributed by atoms with van der Waals surface area (Å²) in [6.07, 6.45) is 5.36. The molecule has 9 heteroatoms. The van der Waals surface area contributed by atoms with Crippen molar-refractivity contribution in [2.24, 2.45) is 5.92 Å². The maximum Gasteiger partial charge on any atom is 0.227 e. The molecule has 0 heterocycles. The van der Waals surface area contributed by atoms with Gasteiger partial charge in [-0.05, 0) is 43.3 Å². The van der Waals surface area contributed by atoms with E-state index in [0.29, 0.717) is 23.0 Å². The van der Waals surface area contributed by atoms with Crippen molar-refractivity contribution in [2.75, 3.05) is 32.0 Å². The van der Waals surface area contributed by atoms with Gasteiger partial charge in [-0.1, -0.05) is 25.3 Å². The topological polar surface area (TPSA) is 90.1 Å². The number of hydrogen-bond acceptors (Lipinski definition) is 6. The standard InChI is InChI=1S/C23H29N3O5S/c1-28-19-13-18(14-20(29-2)21(19)30-3)31-26-23(32)25-17-11-7-10-16(12-17)24-22(27)15-8-5-4-6-9-15/h7,10-15H,4-6,8-9H2,1-3H3,(H,24,27)(H2,25,26,32). The first-order valence-corrected chi connectivity index (χ1v) is 10.9. The van der Waals surface area contributed by atoms with Crippen LogP contribution >= 0.6 is 12.2 Å². The molecule has 0 unspecified atom stereocenters. The van der Waals surface area contributed by atoms with Gasteiger partial charge in [0.2, 0.25) is 16.8 Å². The summed E-state index contributed by atoms with van der Waals surface area (Å²) in [4.78, 5) is 18.1. The van der Waals surface area contributed by atoms with Crippen LogP contribution in [-0.2, 0) is 4.79 Å². The number of nitrogens with one attached hydrogen (secondary N) is 3. The summed E-state index contributed by atoms with van der Waals surface area (Å²) in [5.41, 5.74) is 4.12. The number of hydroxylamine groups is 1. The highest BCUT2D eigenvalue weighted by Crippen LogP contribution is 2.40. The zero-order valence-electron chi connectivity index (χ0n) is 18.5. The fraction of sp³-hybridized carbons (Fsp3) is 0.391. The molecule has 172 valence electrons. The summed E-state index contributed by atoms with van der Waals surface area (Å²) in [6.45, 7) is 0. The van der Waals surface area contributed by atoms with Crippen LogP contribution in [0.3, 0.4) is 0 Å². The van der Waals surface area contributed by atoms with Crippen LogP contribution < -0.4 is 35.2 Å². The molecule has 0 aromatic heterocycles. The van der Waals surface area contributed by atoms with Crippen molar-refractivity contribution in [3.05, 3.63) is 36.4 Å². The van der Waals surface area contributed by atoms with E-state index in [1.165, 1.54) is 27.8 Å². The number of thiocarbonyl (C=S) groups is 1. The summed E-state index contributed by atoms with van der Waals surface area (Å²) in [6, 6.07) is 10.7. The largest absolute Gasteiger partial charge is 0.493 e. The molecule has 8 nitrogen and oxygen atoms in total. The van der Waals surface area contributed by atoms with E-state index in [2.05, 4.69) is 16.1 Å². The predicted molar refractivity (Wildman–Crippen MR) is 128 cm³/mol. The maximum absolute atomic E-state index is 12.5. The fourth-order valence-corrected chi connectivity index (χ4v) is 3.82. The van der Waals surface area contributed by atoms with E-state index >= 15 is 0 Å². The van der Waals surface area contributed by atoms with Crippen molar-refractivity contribution in [3.8, 4) is 23.0 Å². The lowest BCUT2D eigenvalue weighted by Gasteiger charge is -2.21. The molecule has 0 atom stereocenters.